The number of rotatable bonds is 1. The number of nitrogens with zero attached hydrogens (tertiary/aromatic N) is 1. The third-order valence-corrected chi connectivity index (χ3v) is 2.18. The fourth-order valence-electron chi connectivity index (χ4n) is 1.44. The van der Waals surface area contributed by atoms with Crippen LogP contribution in [0.1, 0.15) is 32.6 Å². The van der Waals surface area contributed by atoms with Gasteiger partial charge in [-0.2, -0.15) is 5.26 Å². The van der Waals surface area contributed by atoms with Gasteiger partial charge >= 0.3 is 0 Å². The molecule has 1 N–H and O–H groups in total. The van der Waals surface area contributed by atoms with Crippen LogP contribution in [0.2, 0.25) is 0 Å². The number of hydrogen-bond donors (Lipinski definition) is 1. The molecule has 0 saturated carbocycles. The first-order valence-electron chi connectivity index (χ1n) is 3.89. The molecule has 0 aromatic carbocycles. The molecule has 0 radical (unpaired) electrons. The molecule has 1 saturated heterocycles. The highest BCUT2D eigenvalue weighted by atomic mass is 15.0. The Morgan fingerprint density at radius 1 is 1.60 bits per heavy atom. The lowest BCUT2D eigenvalue weighted by Gasteiger charge is -2.32. The zero-order chi connectivity index (χ0) is 7.45. The van der Waals surface area contributed by atoms with Crippen LogP contribution in [0.3, 0.4) is 0 Å². The van der Waals surface area contributed by atoms with Gasteiger partial charge in [-0.05, 0) is 26.3 Å². The normalized spacial score (nSPS) is 33.2. The van der Waals surface area contributed by atoms with Crippen molar-refractivity contribution in [3.05, 3.63) is 0 Å². The highest BCUT2D eigenvalue weighted by Gasteiger charge is 2.25. The third-order valence-electron chi connectivity index (χ3n) is 2.18. The highest BCUT2D eigenvalue weighted by Crippen LogP contribution is 2.21. The Labute approximate surface area is 62.2 Å². The van der Waals surface area contributed by atoms with Gasteiger partial charge in [-0.1, -0.05) is 6.42 Å². The lowest BCUT2D eigenvalue weighted by molar-refractivity contribution is 0.283. The largest absolute Gasteiger partial charge is 0.310 e. The lowest BCUT2D eigenvalue weighted by Crippen LogP contribution is -2.45. The minimum atomic E-state index is 0.118. The molecule has 0 amide bonds. The fraction of sp³-hybridized carbons (Fsp3) is 0.875. The molecule has 0 aliphatic carbocycles. The number of hydrogen-bond acceptors (Lipinski definition) is 2. The Balaban J connectivity index is 2.42. The first-order chi connectivity index (χ1) is 4.77. The van der Waals surface area contributed by atoms with E-state index in [1.165, 1.54) is 12.8 Å². The van der Waals surface area contributed by atoms with Gasteiger partial charge < -0.3 is 5.32 Å². The van der Waals surface area contributed by atoms with Crippen LogP contribution in [-0.4, -0.2) is 12.1 Å². The van der Waals surface area contributed by atoms with Gasteiger partial charge in [0.15, 0.2) is 0 Å². The summed E-state index contributed by atoms with van der Waals surface area (Å²) in [5, 5.41) is 11.9. The van der Waals surface area contributed by atoms with E-state index in [1.807, 2.05) is 0 Å². The van der Waals surface area contributed by atoms with E-state index in [-0.39, 0.29) is 5.54 Å². The standard InChI is InChI=1S/C8H14N2/c1-8(5-6-9)4-2-3-7-10-8/h10H,2-5,7H2,1H3. The van der Waals surface area contributed by atoms with Gasteiger partial charge in [-0.25, -0.2) is 0 Å². The summed E-state index contributed by atoms with van der Waals surface area (Å²) in [5.74, 6) is 0. The summed E-state index contributed by atoms with van der Waals surface area (Å²) in [4.78, 5) is 0. The summed E-state index contributed by atoms with van der Waals surface area (Å²) in [7, 11) is 0. The molecular weight excluding hydrogens is 124 g/mol. The number of nitrogens with one attached hydrogen (secondary N) is 1. The number of nitriles is 1. The Bertz CT molecular complexity index is 140. The van der Waals surface area contributed by atoms with Crippen LogP contribution in [0.5, 0.6) is 0 Å². The molecule has 1 rings (SSSR count). The van der Waals surface area contributed by atoms with E-state index in [0.717, 1.165) is 13.0 Å². The van der Waals surface area contributed by atoms with Crippen molar-refractivity contribution in [3.8, 4) is 6.07 Å². The molecular formula is C8H14N2. The van der Waals surface area contributed by atoms with Crippen LogP contribution in [0, 0.1) is 11.3 Å². The van der Waals surface area contributed by atoms with Gasteiger partial charge in [0.1, 0.15) is 0 Å². The van der Waals surface area contributed by atoms with Crippen LogP contribution in [-0.2, 0) is 0 Å². The second-order valence-corrected chi connectivity index (χ2v) is 3.28. The molecule has 10 heavy (non-hydrogen) atoms. The third kappa shape index (κ3) is 1.71. The van der Waals surface area contributed by atoms with Crippen molar-refractivity contribution in [2.45, 2.75) is 38.1 Å². The number of piperidine rings is 1. The summed E-state index contributed by atoms with van der Waals surface area (Å²) >= 11 is 0. The minimum absolute atomic E-state index is 0.118. The van der Waals surface area contributed by atoms with Gasteiger partial charge in [0, 0.05) is 5.54 Å². The van der Waals surface area contributed by atoms with Gasteiger partial charge in [0.05, 0.1) is 12.5 Å². The molecule has 1 unspecified atom stereocenters. The molecule has 0 aromatic heterocycles. The van der Waals surface area contributed by atoms with Gasteiger partial charge in [0.25, 0.3) is 0 Å². The summed E-state index contributed by atoms with van der Waals surface area (Å²) < 4.78 is 0. The second-order valence-electron chi connectivity index (χ2n) is 3.28. The van der Waals surface area contributed by atoms with Crippen LogP contribution in [0.15, 0.2) is 0 Å². The second kappa shape index (κ2) is 3.03. The smallest absolute Gasteiger partial charge is 0.0641 e. The molecule has 1 aliphatic rings. The molecule has 1 fully saturated rings. The zero-order valence-electron chi connectivity index (χ0n) is 6.48. The quantitative estimate of drug-likeness (QED) is 0.595. The van der Waals surface area contributed by atoms with Crippen molar-refractivity contribution in [1.82, 2.24) is 5.32 Å². The van der Waals surface area contributed by atoms with E-state index in [1.54, 1.807) is 0 Å². The monoisotopic (exact) mass is 138 g/mol. The molecule has 1 atom stereocenters. The van der Waals surface area contributed by atoms with Crippen molar-refractivity contribution in [3.63, 3.8) is 0 Å². The highest BCUT2D eigenvalue weighted by molar-refractivity contribution is 4.93. The molecule has 0 bridgehead atoms. The Morgan fingerprint density at radius 3 is 2.90 bits per heavy atom. The van der Waals surface area contributed by atoms with Gasteiger partial charge in [-0.3, -0.25) is 0 Å². The Morgan fingerprint density at radius 2 is 2.40 bits per heavy atom. The van der Waals surface area contributed by atoms with Crippen LogP contribution in [0.4, 0.5) is 0 Å². The van der Waals surface area contributed by atoms with Crippen molar-refractivity contribution >= 4 is 0 Å². The fourth-order valence-corrected chi connectivity index (χ4v) is 1.44. The van der Waals surface area contributed by atoms with Crippen molar-refractivity contribution in [2.75, 3.05) is 6.54 Å². The average Bonchev–Trinajstić information content (AvgIpc) is 1.89. The summed E-state index contributed by atoms with van der Waals surface area (Å²) in [6.45, 7) is 3.22. The van der Waals surface area contributed by atoms with Crippen molar-refractivity contribution < 1.29 is 0 Å². The van der Waals surface area contributed by atoms with Gasteiger partial charge in [0.2, 0.25) is 0 Å². The molecule has 0 aromatic rings. The SMILES string of the molecule is CC1(CC#N)CCCCN1. The predicted molar refractivity (Wildman–Crippen MR) is 40.5 cm³/mol. The van der Waals surface area contributed by atoms with Gasteiger partial charge in [-0.15, -0.1) is 0 Å². The van der Waals surface area contributed by atoms with E-state index in [4.69, 9.17) is 5.26 Å². The topological polar surface area (TPSA) is 35.8 Å². The van der Waals surface area contributed by atoms with E-state index < -0.39 is 0 Å². The predicted octanol–water partition coefficient (Wildman–Crippen LogP) is 1.43. The van der Waals surface area contributed by atoms with E-state index in [2.05, 4.69) is 18.3 Å². The molecule has 2 nitrogen and oxygen atoms in total. The first kappa shape index (κ1) is 7.56. The molecule has 2 heteroatoms. The molecule has 56 valence electrons. The van der Waals surface area contributed by atoms with Crippen molar-refractivity contribution in [1.29, 1.82) is 5.26 Å². The van der Waals surface area contributed by atoms with E-state index in [0.29, 0.717) is 6.42 Å². The van der Waals surface area contributed by atoms with Crippen LogP contribution < -0.4 is 5.32 Å². The summed E-state index contributed by atoms with van der Waals surface area (Å²) in [6.07, 6.45) is 4.33. The molecule has 1 aliphatic heterocycles. The molecule has 0 spiro atoms. The minimum Gasteiger partial charge on any atom is -0.310 e. The Kier molecular flexibility index (Phi) is 2.29. The maximum absolute atomic E-state index is 8.49. The first-order valence-corrected chi connectivity index (χ1v) is 3.89. The lowest BCUT2D eigenvalue weighted by atomic mass is 9.88. The molecule has 1 heterocycles. The van der Waals surface area contributed by atoms with E-state index >= 15 is 0 Å². The van der Waals surface area contributed by atoms with E-state index in [9.17, 15) is 0 Å². The Hall–Kier alpha value is -0.550. The van der Waals surface area contributed by atoms with Crippen molar-refractivity contribution in [2.24, 2.45) is 0 Å². The van der Waals surface area contributed by atoms with Crippen LogP contribution in [0.25, 0.3) is 0 Å². The zero-order valence-corrected chi connectivity index (χ0v) is 6.48. The maximum atomic E-state index is 8.49. The summed E-state index contributed by atoms with van der Waals surface area (Å²) in [6, 6.07) is 2.22. The van der Waals surface area contributed by atoms with Crippen LogP contribution >= 0.6 is 0 Å². The average molecular weight is 138 g/mol. The summed E-state index contributed by atoms with van der Waals surface area (Å²) in [5.41, 5.74) is 0.118. The maximum Gasteiger partial charge on any atom is 0.0641 e.